The van der Waals surface area contributed by atoms with Gasteiger partial charge in [-0.1, -0.05) is 18.6 Å². The molecule has 5 nitrogen and oxygen atoms in total. The van der Waals surface area contributed by atoms with E-state index < -0.39 is 5.60 Å². The number of carbonyl (C=O) groups is 1. The first-order chi connectivity index (χ1) is 14.3. The summed E-state index contributed by atoms with van der Waals surface area (Å²) in [7, 11) is 0. The molecular formula is C25H39N3O2. The highest BCUT2D eigenvalue weighted by molar-refractivity contribution is 5.74. The van der Waals surface area contributed by atoms with Crippen molar-refractivity contribution in [2.75, 3.05) is 37.6 Å². The van der Waals surface area contributed by atoms with Gasteiger partial charge in [0.2, 0.25) is 5.91 Å². The van der Waals surface area contributed by atoms with Crippen LogP contribution in [0.4, 0.5) is 5.69 Å². The van der Waals surface area contributed by atoms with Gasteiger partial charge in [-0.25, -0.2) is 0 Å². The van der Waals surface area contributed by atoms with Gasteiger partial charge in [0.1, 0.15) is 0 Å². The number of piperidine rings is 2. The summed E-state index contributed by atoms with van der Waals surface area (Å²) < 4.78 is 0. The molecule has 3 aliphatic heterocycles. The van der Waals surface area contributed by atoms with Crippen LogP contribution >= 0.6 is 0 Å². The molecule has 2 atom stereocenters. The first-order valence-corrected chi connectivity index (χ1v) is 11.9. The topological polar surface area (TPSA) is 47.0 Å². The van der Waals surface area contributed by atoms with Crippen molar-refractivity contribution in [1.82, 2.24) is 9.80 Å². The molecule has 3 saturated heterocycles. The third-order valence-electron chi connectivity index (χ3n) is 7.95. The van der Waals surface area contributed by atoms with E-state index in [-0.39, 0.29) is 11.4 Å². The molecule has 0 aromatic heterocycles. The number of carbonyl (C=O) groups excluding carboxylic acids is 1. The molecule has 0 aliphatic carbocycles. The zero-order valence-corrected chi connectivity index (χ0v) is 19.1. The molecule has 3 heterocycles. The molecule has 3 fully saturated rings. The molecule has 0 spiro atoms. The minimum atomic E-state index is -0.633. The summed E-state index contributed by atoms with van der Waals surface area (Å²) in [5.41, 5.74) is 1.82. The highest BCUT2D eigenvalue weighted by Crippen LogP contribution is 2.40. The Hall–Kier alpha value is -1.59. The summed E-state index contributed by atoms with van der Waals surface area (Å²) in [6.07, 6.45) is 7.17. The fraction of sp³-hybridized carbons (Fsp3) is 0.720. The average Bonchev–Trinajstić information content (AvgIpc) is 2.87. The second-order valence-electron chi connectivity index (χ2n) is 10.2. The van der Waals surface area contributed by atoms with Crippen molar-refractivity contribution < 1.29 is 9.90 Å². The van der Waals surface area contributed by atoms with Crippen LogP contribution in [0.2, 0.25) is 0 Å². The molecular weight excluding hydrogens is 374 g/mol. The highest BCUT2D eigenvalue weighted by atomic mass is 16.3. The number of aryl methyl sites for hydroxylation is 1. The van der Waals surface area contributed by atoms with Gasteiger partial charge in [0.05, 0.1) is 11.1 Å². The standard InChI is InChI=1S/C25H39N3O2/c1-20-8-6-9-22(18-20)26-16-12-25(30,13-17-26)19-27-14-7-11-24(3)23(27)10-4-5-15-28(24)21(2)29/h6,8-9,18,23,30H,4-5,7,10-17,19H2,1-3H3/t23-,24+/m1/s1. The molecule has 3 aliphatic rings. The van der Waals surface area contributed by atoms with Crippen molar-refractivity contribution >= 4 is 11.6 Å². The molecule has 0 saturated carbocycles. The molecule has 0 bridgehead atoms. The van der Waals surface area contributed by atoms with Crippen molar-refractivity contribution in [1.29, 1.82) is 0 Å². The number of amides is 1. The Kier molecular flexibility index (Phi) is 6.13. The van der Waals surface area contributed by atoms with Gasteiger partial charge in [-0.05, 0) is 76.6 Å². The Bertz CT molecular complexity index is 759. The van der Waals surface area contributed by atoms with Crippen LogP contribution in [0.25, 0.3) is 0 Å². The number of β-amino-alcohol motifs (C(OH)–C–C–N with tert-alkyl or cyclic N) is 1. The van der Waals surface area contributed by atoms with E-state index in [9.17, 15) is 9.90 Å². The van der Waals surface area contributed by atoms with Gasteiger partial charge < -0.3 is 14.9 Å². The van der Waals surface area contributed by atoms with Gasteiger partial charge in [-0.3, -0.25) is 9.69 Å². The lowest BCUT2D eigenvalue weighted by molar-refractivity contribution is -0.141. The zero-order chi connectivity index (χ0) is 21.4. The number of hydrogen-bond donors (Lipinski definition) is 1. The van der Waals surface area contributed by atoms with Crippen molar-refractivity contribution in [3.8, 4) is 0 Å². The van der Waals surface area contributed by atoms with E-state index in [1.165, 1.54) is 17.7 Å². The molecule has 0 unspecified atom stereocenters. The maximum atomic E-state index is 12.4. The highest BCUT2D eigenvalue weighted by Gasteiger charge is 2.48. The number of nitrogens with zero attached hydrogens (tertiary/aromatic N) is 3. The van der Waals surface area contributed by atoms with E-state index in [4.69, 9.17) is 0 Å². The number of aliphatic hydroxyl groups is 1. The lowest BCUT2D eigenvalue weighted by atomic mass is 9.78. The quantitative estimate of drug-likeness (QED) is 0.823. The largest absolute Gasteiger partial charge is 0.388 e. The predicted octanol–water partition coefficient (Wildman–Crippen LogP) is 3.58. The molecule has 5 heteroatoms. The van der Waals surface area contributed by atoms with Crippen LogP contribution in [0.1, 0.15) is 64.4 Å². The van der Waals surface area contributed by atoms with Crippen molar-refractivity contribution in [3.63, 3.8) is 0 Å². The van der Waals surface area contributed by atoms with Crippen LogP contribution in [0.5, 0.6) is 0 Å². The van der Waals surface area contributed by atoms with Crippen LogP contribution in [-0.4, -0.2) is 70.7 Å². The van der Waals surface area contributed by atoms with Crippen LogP contribution in [-0.2, 0) is 4.79 Å². The number of anilines is 1. The molecule has 30 heavy (non-hydrogen) atoms. The monoisotopic (exact) mass is 413 g/mol. The van der Waals surface area contributed by atoms with Gasteiger partial charge in [-0.2, -0.15) is 0 Å². The summed E-state index contributed by atoms with van der Waals surface area (Å²) in [4.78, 5) is 19.5. The number of hydrogen-bond acceptors (Lipinski definition) is 4. The lowest BCUT2D eigenvalue weighted by Gasteiger charge is -2.54. The third kappa shape index (κ3) is 4.24. The van der Waals surface area contributed by atoms with Gasteiger partial charge in [-0.15, -0.1) is 0 Å². The fourth-order valence-corrected chi connectivity index (χ4v) is 6.28. The number of likely N-dealkylation sites (tertiary alicyclic amines) is 2. The summed E-state index contributed by atoms with van der Waals surface area (Å²) >= 11 is 0. The maximum Gasteiger partial charge on any atom is 0.219 e. The maximum absolute atomic E-state index is 12.4. The van der Waals surface area contributed by atoms with E-state index >= 15 is 0 Å². The van der Waals surface area contributed by atoms with E-state index in [0.29, 0.717) is 6.04 Å². The first kappa shape index (κ1) is 21.6. The summed E-state index contributed by atoms with van der Waals surface area (Å²) in [6, 6.07) is 9.02. The molecule has 0 radical (unpaired) electrons. The normalized spacial score (nSPS) is 29.9. The molecule has 1 N–H and O–H groups in total. The van der Waals surface area contributed by atoms with E-state index in [1.54, 1.807) is 6.92 Å². The van der Waals surface area contributed by atoms with Crippen molar-refractivity contribution in [2.24, 2.45) is 0 Å². The Morgan fingerprint density at radius 2 is 1.87 bits per heavy atom. The lowest BCUT2D eigenvalue weighted by Crippen LogP contribution is -2.66. The third-order valence-corrected chi connectivity index (χ3v) is 7.95. The Balaban J connectivity index is 1.45. The second kappa shape index (κ2) is 8.51. The van der Waals surface area contributed by atoms with Gasteiger partial charge in [0.25, 0.3) is 0 Å². The van der Waals surface area contributed by atoms with Crippen LogP contribution in [0.3, 0.4) is 0 Å². The predicted molar refractivity (Wildman–Crippen MR) is 122 cm³/mol. The number of fused-ring (bicyclic) bond motifs is 1. The Labute approximate surface area is 182 Å². The fourth-order valence-electron chi connectivity index (χ4n) is 6.28. The van der Waals surface area contributed by atoms with Crippen molar-refractivity contribution in [3.05, 3.63) is 29.8 Å². The van der Waals surface area contributed by atoms with E-state index in [2.05, 4.69) is 52.8 Å². The first-order valence-electron chi connectivity index (χ1n) is 11.9. The summed E-state index contributed by atoms with van der Waals surface area (Å²) in [5, 5.41) is 11.5. The minimum Gasteiger partial charge on any atom is -0.388 e. The van der Waals surface area contributed by atoms with Crippen LogP contribution in [0.15, 0.2) is 24.3 Å². The molecule has 4 rings (SSSR count). The van der Waals surface area contributed by atoms with Crippen LogP contribution < -0.4 is 4.90 Å². The summed E-state index contributed by atoms with van der Waals surface area (Å²) in [6.45, 7) is 10.6. The van der Waals surface area contributed by atoms with Crippen molar-refractivity contribution in [2.45, 2.75) is 82.9 Å². The SMILES string of the molecule is CC(=O)N1CCCC[C@H]2N(CC3(O)CCN(c4cccc(C)c4)CC3)CCC[C@@]21C. The van der Waals surface area contributed by atoms with Crippen LogP contribution in [0, 0.1) is 6.92 Å². The van der Waals surface area contributed by atoms with E-state index in [1.807, 2.05) is 0 Å². The zero-order valence-electron chi connectivity index (χ0n) is 19.1. The van der Waals surface area contributed by atoms with Gasteiger partial charge in [0.15, 0.2) is 0 Å². The molecule has 166 valence electrons. The number of benzene rings is 1. The molecule has 1 aromatic carbocycles. The van der Waals surface area contributed by atoms with Gasteiger partial charge in [0, 0.05) is 44.8 Å². The summed E-state index contributed by atoms with van der Waals surface area (Å²) in [5.74, 6) is 0.205. The Morgan fingerprint density at radius 1 is 1.10 bits per heavy atom. The second-order valence-corrected chi connectivity index (χ2v) is 10.2. The minimum absolute atomic E-state index is 0.0980. The van der Waals surface area contributed by atoms with E-state index in [0.717, 1.165) is 71.2 Å². The van der Waals surface area contributed by atoms with Gasteiger partial charge >= 0.3 is 0 Å². The smallest absolute Gasteiger partial charge is 0.219 e. The molecule has 1 aromatic rings. The number of rotatable bonds is 3. The molecule has 1 amide bonds. The average molecular weight is 414 g/mol. The Morgan fingerprint density at radius 3 is 2.57 bits per heavy atom.